The monoisotopic (exact) mass is 314 g/mol. The van der Waals surface area contributed by atoms with Gasteiger partial charge in [-0.2, -0.15) is 5.10 Å². The zero-order chi connectivity index (χ0) is 15.9. The van der Waals surface area contributed by atoms with Crippen LogP contribution in [0.3, 0.4) is 0 Å². The van der Waals surface area contributed by atoms with Gasteiger partial charge in [0.2, 0.25) is 0 Å². The molecule has 7 heteroatoms. The molecule has 112 valence electrons. The number of nitrogens with one attached hydrogen (secondary N) is 2. The lowest BCUT2D eigenvalue weighted by atomic mass is 10.2. The highest BCUT2D eigenvalue weighted by molar-refractivity contribution is 7.80. The number of nitrogens with zero attached hydrogens (tertiary/aromatic N) is 2. The van der Waals surface area contributed by atoms with Crippen LogP contribution in [0.25, 0.3) is 0 Å². The third kappa shape index (κ3) is 4.35. The van der Waals surface area contributed by atoms with Crippen LogP contribution in [0.4, 0.5) is 11.4 Å². The number of nitro groups is 1. The number of rotatable bonds is 4. The Morgan fingerprint density at radius 1 is 1.27 bits per heavy atom. The van der Waals surface area contributed by atoms with Gasteiger partial charge in [0.05, 0.1) is 16.7 Å². The lowest BCUT2D eigenvalue weighted by Gasteiger charge is -2.07. The molecule has 0 saturated carbocycles. The first-order chi connectivity index (χ1) is 10.6. The number of benzene rings is 2. The highest BCUT2D eigenvalue weighted by atomic mass is 32.1. The molecule has 0 aromatic heterocycles. The van der Waals surface area contributed by atoms with E-state index in [1.54, 1.807) is 18.2 Å². The Morgan fingerprint density at radius 2 is 2.05 bits per heavy atom. The topological polar surface area (TPSA) is 79.6 Å². The average Bonchev–Trinajstić information content (AvgIpc) is 2.47. The second-order valence-electron chi connectivity index (χ2n) is 4.51. The van der Waals surface area contributed by atoms with E-state index in [1.807, 2.05) is 31.2 Å². The maximum absolute atomic E-state index is 10.9. The fourth-order valence-corrected chi connectivity index (χ4v) is 1.98. The Balaban J connectivity index is 1.98. The van der Waals surface area contributed by atoms with Crippen LogP contribution in [0.1, 0.15) is 11.1 Å². The van der Waals surface area contributed by atoms with E-state index < -0.39 is 4.92 Å². The number of anilines is 1. The molecule has 2 N–H and O–H groups in total. The molecule has 0 spiro atoms. The van der Waals surface area contributed by atoms with Gasteiger partial charge in [0, 0.05) is 11.8 Å². The largest absolute Gasteiger partial charge is 0.331 e. The van der Waals surface area contributed by atoms with Gasteiger partial charge in [0.15, 0.2) is 5.11 Å². The van der Waals surface area contributed by atoms with E-state index in [2.05, 4.69) is 15.8 Å². The lowest BCUT2D eigenvalue weighted by molar-refractivity contribution is -0.385. The number of nitro benzene ring substituents is 1. The van der Waals surface area contributed by atoms with Crippen LogP contribution in [-0.4, -0.2) is 16.3 Å². The minimum absolute atomic E-state index is 0.00869. The van der Waals surface area contributed by atoms with Crippen LogP contribution in [0.2, 0.25) is 0 Å². The van der Waals surface area contributed by atoms with Crippen molar-refractivity contribution in [3.05, 3.63) is 69.8 Å². The molecular weight excluding hydrogens is 300 g/mol. The maximum Gasteiger partial charge on any atom is 0.278 e. The van der Waals surface area contributed by atoms with Gasteiger partial charge in [0.25, 0.3) is 5.69 Å². The molecule has 0 bridgehead atoms. The van der Waals surface area contributed by atoms with Crippen molar-refractivity contribution < 1.29 is 4.92 Å². The molecule has 0 radical (unpaired) electrons. The smallest absolute Gasteiger partial charge is 0.278 e. The van der Waals surface area contributed by atoms with Crippen molar-refractivity contribution in [1.82, 2.24) is 5.43 Å². The molecule has 0 aliphatic rings. The van der Waals surface area contributed by atoms with Crippen LogP contribution in [0.15, 0.2) is 53.6 Å². The Bertz CT molecular complexity index is 731. The molecule has 0 saturated heterocycles. The summed E-state index contributed by atoms with van der Waals surface area (Å²) >= 11 is 5.11. The number of hydrogen-bond acceptors (Lipinski definition) is 4. The summed E-state index contributed by atoms with van der Waals surface area (Å²) in [7, 11) is 0. The van der Waals surface area contributed by atoms with Crippen LogP contribution in [0.5, 0.6) is 0 Å². The quantitative estimate of drug-likeness (QED) is 0.392. The van der Waals surface area contributed by atoms with Gasteiger partial charge in [-0.1, -0.05) is 24.3 Å². The first-order valence-electron chi connectivity index (χ1n) is 6.46. The lowest BCUT2D eigenvalue weighted by Crippen LogP contribution is -2.23. The van der Waals surface area contributed by atoms with Crippen LogP contribution in [-0.2, 0) is 0 Å². The molecular formula is C15H14N4O2S. The van der Waals surface area contributed by atoms with E-state index in [1.165, 1.54) is 12.3 Å². The number of thiocarbonyl (C=S) groups is 1. The first-order valence-corrected chi connectivity index (χ1v) is 6.87. The van der Waals surface area contributed by atoms with E-state index in [9.17, 15) is 10.1 Å². The van der Waals surface area contributed by atoms with Gasteiger partial charge in [0.1, 0.15) is 0 Å². The fourth-order valence-electron chi connectivity index (χ4n) is 1.81. The molecule has 0 amide bonds. The zero-order valence-corrected chi connectivity index (χ0v) is 12.6. The molecule has 2 aromatic carbocycles. The molecule has 2 rings (SSSR count). The molecule has 0 aliphatic heterocycles. The number of aryl methyl sites for hydroxylation is 1. The van der Waals surface area contributed by atoms with Gasteiger partial charge in [-0.25, -0.2) is 0 Å². The fraction of sp³-hybridized carbons (Fsp3) is 0.0667. The summed E-state index contributed by atoms with van der Waals surface area (Å²) in [6.07, 6.45) is 1.36. The predicted octanol–water partition coefficient (Wildman–Crippen LogP) is 3.22. The normalized spacial score (nSPS) is 10.4. The van der Waals surface area contributed by atoms with Crippen molar-refractivity contribution in [2.75, 3.05) is 5.32 Å². The second-order valence-corrected chi connectivity index (χ2v) is 4.92. The predicted molar refractivity (Wildman–Crippen MR) is 91.2 cm³/mol. The maximum atomic E-state index is 10.9. The van der Waals surface area contributed by atoms with E-state index in [0.717, 1.165) is 11.3 Å². The third-order valence-corrected chi connectivity index (χ3v) is 2.97. The number of hydrazone groups is 1. The van der Waals surface area contributed by atoms with Crippen molar-refractivity contribution in [1.29, 1.82) is 0 Å². The highest BCUT2D eigenvalue weighted by Gasteiger charge is 2.09. The van der Waals surface area contributed by atoms with Crippen LogP contribution >= 0.6 is 12.2 Å². The summed E-state index contributed by atoms with van der Waals surface area (Å²) in [5, 5.41) is 18.1. The molecule has 22 heavy (non-hydrogen) atoms. The Labute approximate surface area is 133 Å². The standard InChI is InChI=1S/C15H14N4O2S/c1-11-5-4-7-13(9-11)17-15(22)18-16-10-12-6-2-3-8-14(12)19(20)21/h2-10H,1H3,(H2,17,18,22)/b16-10+. The van der Waals surface area contributed by atoms with E-state index in [4.69, 9.17) is 12.2 Å². The molecule has 0 heterocycles. The van der Waals surface area contributed by atoms with Crippen molar-refractivity contribution in [3.8, 4) is 0 Å². The van der Waals surface area contributed by atoms with Crippen LogP contribution in [0, 0.1) is 17.0 Å². The van der Waals surface area contributed by atoms with Crippen molar-refractivity contribution in [2.24, 2.45) is 5.10 Å². The average molecular weight is 314 g/mol. The van der Waals surface area contributed by atoms with E-state index >= 15 is 0 Å². The zero-order valence-electron chi connectivity index (χ0n) is 11.8. The molecule has 0 atom stereocenters. The summed E-state index contributed by atoms with van der Waals surface area (Å²) in [6, 6.07) is 14.1. The molecule has 0 unspecified atom stereocenters. The first kappa shape index (κ1) is 15.6. The van der Waals surface area contributed by atoms with Gasteiger partial charge in [-0.15, -0.1) is 0 Å². The van der Waals surface area contributed by atoms with Gasteiger partial charge in [-0.3, -0.25) is 15.5 Å². The van der Waals surface area contributed by atoms with E-state index in [-0.39, 0.29) is 5.69 Å². The minimum atomic E-state index is -0.454. The van der Waals surface area contributed by atoms with Gasteiger partial charge < -0.3 is 5.32 Å². The third-order valence-electron chi connectivity index (χ3n) is 2.78. The highest BCUT2D eigenvalue weighted by Crippen LogP contribution is 2.15. The molecule has 2 aromatic rings. The summed E-state index contributed by atoms with van der Waals surface area (Å²) in [5.41, 5.74) is 4.98. The minimum Gasteiger partial charge on any atom is -0.331 e. The van der Waals surface area contributed by atoms with Crippen LogP contribution < -0.4 is 10.7 Å². The number of para-hydroxylation sites is 1. The van der Waals surface area contributed by atoms with Crippen molar-refractivity contribution in [2.45, 2.75) is 6.92 Å². The summed E-state index contributed by atoms with van der Waals surface area (Å²) in [4.78, 5) is 10.4. The second kappa shape index (κ2) is 7.28. The van der Waals surface area contributed by atoms with Gasteiger partial charge >= 0.3 is 0 Å². The Morgan fingerprint density at radius 3 is 2.77 bits per heavy atom. The Kier molecular flexibility index (Phi) is 5.16. The molecule has 0 fully saturated rings. The molecule has 6 nitrogen and oxygen atoms in total. The summed E-state index contributed by atoms with van der Waals surface area (Å²) < 4.78 is 0. The summed E-state index contributed by atoms with van der Waals surface area (Å²) in [5.74, 6) is 0. The van der Waals surface area contributed by atoms with E-state index in [0.29, 0.717) is 10.7 Å². The van der Waals surface area contributed by atoms with Crippen molar-refractivity contribution in [3.63, 3.8) is 0 Å². The van der Waals surface area contributed by atoms with Gasteiger partial charge in [-0.05, 0) is 42.9 Å². The summed E-state index contributed by atoms with van der Waals surface area (Å²) in [6.45, 7) is 1.98. The SMILES string of the molecule is Cc1cccc(NC(=S)N/N=C/c2ccccc2[N+](=O)[O-])c1. The van der Waals surface area contributed by atoms with Crippen molar-refractivity contribution >= 4 is 34.9 Å². The Hall–Kier alpha value is -2.80. The number of hydrogen-bond donors (Lipinski definition) is 2. The molecule has 0 aliphatic carbocycles.